The first-order valence-electron chi connectivity index (χ1n) is 9.72. The summed E-state index contributed by atoms with van der Waals surface area (Å²) in [6, 6.07) is 0. The summed E-state index contributed by atoms with van der Waals surface area (Å²) in [6.45, 7) is 17.2. The highest BCUT2D eigenvalue weighted by Crippen LogP contribution is 2.35. The first-order valence-corrected chi connectivity index (χ1v) is 9.72. The maximum atomic E-state index is 12.5. The molecular weight excluding hydrogens is 344 g/mol. The molecule has 0 aromatic carbocycles. The number of carbonyl (C=O) groups excluding carboxylic acids is 1. The van der Waals surface area contributed by atoms with Gasteiger partial charge in [0.15, 0.2) is 12.1 Å². The van der Waals surface area contributed by atoms with Crippen molar-refractivity contribution in [3.63, 3.8) is 0 Å². The van der Waals surface area contributed by atoms with E-state index in [1.807, 2.05) is 40.7 Å². The molecule has 0 radical (unpaired) electrons. The molecule has 5 heteroatoms. The maximum Gasteiger partial charge on any atom is 0.192 e. The molecule has 2 rings (SSSR count). The average Bonchev–Trinajstić information content (AvgIpc) is 3.22. The Morgan fingerprint density at radius 3 is 2.30 bits per heavy atom. The highest BCUT2D eigenvalue weighted by Gasteiger charge is 2.38. The normalized spacial score (nSPS) is 35.4. The van der Waals surface area contributed by atoms with E-state index in [1.54, 1.807) is 18.2 Å². The average molecular weight is 379 g/mol. The van der Waals surface area contributed by atoms with E-state index in [0.717, 1.165) is 25.7 Å². The molecule has 5 nitrogen and oxygen atoms in total. The van der Waals surface area contributed by atoms with Gasteiger partial charge in [-0.1, -0.05) is 19.1 Å². The van der Waals surface area contributed by atoms with Crippen molar-refractivity contribution in [3.05, 3.63) is 37.5 Å². The van der Waals surface area contributed by atoms with Crippen LogP contribution in [0, 0.1) is 5.92 Å². The molecule has 2 heterocycles. The third-order valence-electron chi connectivity index (χ3n) is 5.51. The van der Waals surface area contributed by atoms with Crippen molar-refractivity contribution in [1.29, 1.82) is 0 Å². The highest BCUT2D eigenvalue weighted by atomic mass is 17.2. The molecular formula is C22H34O5. The van der Waals surface area contributed by atoms with E-state index in [9.17, 15) is 4.79 Å². The van der Waals surface area contributed by atoms with Gasteiger partial charge in [-0.25, -0.2) is 9.78 Å². The van der Waals surface area contributed by atoms with Crippen LogP contribution in [-0.2, 0) is 24.0 Å². The third kappa shape index (κ3) is 5.85. The Bertz CT molecular complexity index is 596. The summed E-state index contributed by atoms with van der Waals surface area (Å²) in [7, 11) is 0. The SMILES string of the molecule is C=C[C@@]1(C)CC[C@H](OOC(C)(C)/C=C/C(=O)[C@@H](C)[C@@H]2CC[C@](C)(C=C)O2)O1. The molecule has 152 valence electrons. The van der Waals surface area contributed by atoms with Crippen LogP contribution >= 0.6 is 0 Å². The molecule has 0 amide bonds. The van der Waals surface area contributed by atoms with Crippen LogP contribution in [0.25, 0.3) is 0 Å². The summed E-state index contributed by atoms with van der Waals surface area (Å²) in [6.07, 6.45) is 9.66. The van der Waals surface area contributed by atoms with E-state index in [4.69, 9.17) is 19.2 Å². The lowest BCUT2D eigenvalue weighted by atomic mass is 9.94. The minimum absolute atomic E-state index is 0.0151. The van der Waals surface area contributed by atoms with Crippen LogP contribution in [0.4, 0.5) is 0 Å². The van der Waals surface area contributed by atoms with Gasteiger partial charge >= 0.3 is 0 Å². The quantitative estimate of drug-likeness (QED) is 0.252. The molecule has 2 fully saturated rings. The highest BCUT2D eigenvalue weighted by molar-refractivity contribution is 5.92. The van der Waals surface area contributed by atoms with Crippen molar-refractivity contribution in [2.24, 2.45) is 5.92 Å². The van der Waals surface area contributed by atoms with Gasteiger partial charge in [0.25, 0.3) is 0 Å². The molecule has 2 saturated heterocycles. The third-order valence-corrected chi connectivity index (χ3v) is 5.51. The Morgan fingerprint density at radius 1 is 1.15 bits per heavy atom. The number of ketones is 1. The second-order valence-electron chi connectivity index (χ2n) is 8.62. The monoisotopic (exact) mass is 378 g/mol. The van der Waals surface area contributed by atoms with Gasteiger partial charge < -0.3 is 9.47 Å². The summed E-state index contributed by atoms with van der Waals surface area (Å²) in [4.78, 5) is 23.5. The second-order valence-corrected chi connectivity index (χ2v) is 8.62. The largest absolute Gasteiger partial charge is 0.367 e. The first-order chi connectivity index (χ1) is 12.5. The number of ether oxygens (including phenoxy) is 2. The van der Waals surface area contributed by atoms with Gasteiger partial charge in [0.05, 0.1) is 17.3 Å². The molecule has 2 aliphatic heterocycles. The smallest absolute Gasteiger partial charge is 0.192 e. The van der Waals surface area contributed by atoms with E-state index < -0.39 is 11.9 Å². The van der Waals surface area contributed by atoms with Gasteiger partial charge in [0.2, 0.25) is 0 Å². The minimum Gasteiger partial charge on any atom is -0.367 e. The number of carbonyl (C=O) groups is 1. The fourth-order valence-corrected chi connectivity index (χ4v) is 3.26. The van der Waals surface area contributed by atoms with Gasteiger partial charge in [0, 0.05) is 12.3 Å². The van der Waals surface area contributed by atoms with E-state index in [0.29, 0.717) is 0 Å². The maximum absolute atomic E-state index is 12.5. The van der Waals surface area contributed by atoms with Gasteiger partial charge in [-0.2, -0.15) is 0 Å². The molecule has 2 aliphatic rings. The number of hydrogen-bond donors (Lipinski definition) is 0. The Hall–Kier alpha value is -1.27. The van der Waals surface area contributed by atoms with Crippen molar-refractivity contribution >= 4 is 5.78 Å². The fraction of sp³-hybridized carbons (Fsp3) is 0.682. The Kier molecular flexibility index (Phi) is 6.85. The Morgan fingerprint density at radius 2 is 1.74 bits per heavy atom. The van der Waals surface area contributed by atoms with Gasteiger partial charge in [0.1, 0.15) is 5.60 Å². The van der Waals surface area contributed by atoms with Crippen LogP contribution in [0.5, 0.6) is 0 Å². The number of hydrogen-bond acceptors (Lipinski definition) is 5. The summed E-state index contributed by atoms with van der Waals surface area (Å²) in [5, 5.41) is 0. The predicted molar refractivity (Wildman–Crippen MR) is 105 cm³/mol. The Labute approximate surface area is 163 Å². The lowest BCUT2D eigenvalue weighted by Crippen LogP contribution is -2.30. The van der Waals surface area contributed by atoms with Crippen LogP contribution in [0.2, 0.25) is 0 Å². The predicted octanol–water partition coefficient (Wildman–Crippen LogP) is 4.68. The molecule has 0 saturated carbocycles. The zero-order valence-corrected chi connectivity index (χ0v) is 17.3. The molecule has 0 aliphatic carbocycles. The van der Waals surface area contributed by atoms with Crippen molar-refractivity contribution in [3.8, 4) is 0 Å². The summed E-state index contributed by atoms with van der Waals surface area (Å²) in [5.74, 6) is -0.201. The standard InChI is InChI=1S/C22H34O5/c1-8-21(6)14-11-18(24-21)16(3)17(23)10-13-20(4,5)27-26-19-12-15-22(7,9-2)25-19/h8-10,13,16,18-19H,1-2,11-12,14-15H2,3-7H3/b13-10+/t16-,18+,19+,21+,22+/m1/s1. The van der Waals surface area contributed by atoms with Crippen LogP contribution in [0.3, 0.4) is 0 Å². The summed E-state index contributed by atoms with van der Waals surface area (Å²) >= 11 is 0. The molecule has 0 spiro atoms. The van der Waals surface area contributed by atoms with Crippen LogP contribution in [0.15, 0.2) is 37.5 Å². The lowest BCUT2D eigenvalue weighted by molar-refractivity contribution is -0.408. The topological polar surface area (TPSA) is 54.0 Å². The molecule has 27 heavy (non-hydrogen) atoms. The summed E-state index contributed by atoms with van der Waals surface area (Å²) < 4.78 is 11.8. The van der Waals surface area contributed by atoms with Gasteiger partial charge in [-0.3, -0.25) is 4.79 Å². The first kappa shape index (κ1) is 22.0. The molecule has 0 aromatic rings. The van der Waals surface area contributed by atoms with Gasteiger partial charge in [-0.15, -0.1) is 13.2 Å². The fourth-order valence-electron chi connectivity index (χ4n) is 3.26. The van der Waals surface area contributed by atoms with Crippen molar-refractivity contribution in [2.45, 2.75) is 89.5 Å². The van der Waals surface area contributed by atoms with Crippen molar-refractivity contribution < 1.29 is 24.0 Å². The van der Waals surface area contributed by atoms with E-state index >= 15 is 0 Å². The van der Waals surface area contributed by atoms with Crippen LogP contribution in [0.1, 0.15) is 60.3 Å². The zero-order chi connectivity index (χ0) is 20.3. The molecule has 0 N–H and O–H groups in total. The van der Waals surface area contributed by atoms with Gasteiger partial charge in [-0.05, 0) is 59.1 Å². The van der Waals surface area contributed by atoms with Crippen molar-refractivity contribution in [2.75, 3.05) is 0 Å². The Balaban J connectivity index is 1.83. The van der Waals surface area contributed by atoms with Crippen LogP contribution < -0.4 is 0 Å². The second kappa shape index (κ2) is 8.39. The molecule has 0 aromatic heterocycles. The van der Waals surface area contributed by atoms with Crippen molar-refractivity contribution in [1.82, 2.24) is 0 Å². The van der Waals surface area contributed by atoms with E-state index in [-0.39, 0.29) is 29.0 Å². The molecule has 5 atom stereocenters. The zero-order valence-electron chi connectivity index (χ0n) is 17.3. The van der Waals surface area contributed by atoms with Crippen LogP contribution in [-0.4, -0.2) is 35.0 Å². The minimum atomic E-state index is -0.752. The summed E-state index contributed by atoms with van der Waals surface area (Å²) in [5.41, 5.74) is -1.46. The molecule has 0 bridgehead atoms. The lowest BCUT2D eigenvalue weighted by Gasteiger charge is -2.25. The van der Waals surface area contributed by atoms with E-state index in [1.165, 1.54) is 0 Å². The molecule has 0 unspecified atom stereocenters. The van der Waals surface area contributed by atoms with E-state index in [2.05, 4.69) is 13.2 Å². The number of rotatable bonds is 9. The number of allylic oxidation sites excluding steroid dienone is 1.